The predicted octanol–water partition coefficient (Wildman–Crippen LogP) is 1.62. The number of rotatable bonds is 2. The summed E-state index contributed by atoms with van der Waals surface area (Å²) >= 11 is 0. The number of hydrogen-bond acceptors (Lipinski definition) is 5. The number of carbonyl (C=O) groups excluding carboxylic acids is 1. The molecule has 0 bridgehead atoms. The minimum atomic E-state index is -0.167. The van der Waals surface area contributed by atoms with Gasteiger partial charge in [0.1, 0.15) is 11.5 Å². The van der Waals surface area contributed by atoms with Crippen LogP contribution in [0.5, 0.6) is 0 Å². The maximum atomic E-state index is 12.9. The molecule has 23 heavy (non-hydrogen) atoms. The highest BCUT2D eigenvalue weighted by molar-refractivity contribution is 5.83. The molecule has 120 valence electrons. The lowest BCUT2D eigenvalue weighted by Gasteiger charge is -2.31. The van der Waals surface area contributed by atoms with Gasteiger partial charge in [0.15, 0.2) is 5.82 Å². The number of likely N-dealkylation sites (tertiary alicyclic amines) is 1. The van der Waals surface area contributed by atoms with Crippen LogP contribution in [0.4, 0.5) is 0 Å². The van der Waals surface area contributed by atoms with E-state index in [4.69, 9.17) is 0 Å². The second-order valence-electron chi connectivity index (χ2n) is 6.20. The largest absolute Gasteiger partial charge is 0.342 e. The number of amides is 1. The van der Waals surface area contributed by atoms with E-state index >= 15 is 0 Å². The SMILES string of the molecule is O=C(C1CCCn2c(-c3cnccn3)nnc21)N1CCCCC1. The number of fused-ring (bicyclic) bond motifs is 1. The highest BCUT2D eigenvalue weighted by atomic mass is 16.2. The second kappa shape index (κ2) is 6.06. The Hall–Kier alpha value is -2.31. The Morgan fingerprint density at radius 2 is 1.91 bits per heavy atom. The lowest BCUT2D eigenvalue weighted by Crippen LogP contribution is -2.40. The third-order valence-electron chi connectivity index (χ3n) is 4.72. The fraction of sp³-hybridized carbons (Fsp3) is 0.562. The molecular weight excluding hydrogens is 292 g/mol. The lowest BCUT2D eigenvalue weighted by atomic mass is 9.96. The standard InChI is InChI=1S/C16H20N6O/c23-16(21-8-2-1-3-9-21)12-5-4-10-22-14(12)19-20-15(22)13-11-17-6-7-18-13/h6-7,11-12H,1-5,8-10H2. The Morgan fingerprint density at radius 3 is 2.70 bits per heavy atom. The molecule has 0 saturated carbocycles. The van der Waals surface area contributed by atoms with Gasteiger partial charge in [-0.05, 0) is 32.1 Å². The predicted molar refractivity (Wildman–Crippen MR) is 83.5 cm³/mol. The van der Waals surface area contributed by atoms with Gasteiger partial charge in [-0.2, -0.15) is 0 Å². The molecule has 4 heterocycles. The summed E-state index contributed by atoms with van der Waals surface area (Å²) in [5.41, 5.74) is 0.706. The quantitative estimate of drug-likeness (QED) is 0.842. The van der Waals surface area contributed by atoms with Crippen molar-refractivity contribution in [2.75, 3.05) is 13.1 Å². The number of carbonyl (C=O) groups is 1. The minimum Gasteiger partial charge on any atom is -0.342 e. The van der Waals surface area contributed by atoms with Crippen LogP contribution in [0.25, 0.3) is 11.5 Å². The van der Waals surface area contributed by atoms with Crippen molar-refractivity contribution in [3.05, 3.63) is 24.4 Å². The third-order valence-corrected chi connectivity index (χ3v) is 4.72. The van der Waals surface area contributed by atoms with Crippen LogP contribution in [-0.2, 0) is 11.3 Å². The van der Waals surface area contributed by atoms with Crippen LogP contribution in [0.3, 0.4) is 0 Å². The molecular formula is C16H20N6O. The van der Waals surface area contributed by atoms with Gasteiger partial charge in [-0.25, -0.2) is 4.98 Å². The summed E-state index contributed by atoms with van der Waals surface area (Å²) in [5, 5.41) is 8.61. The van der Waals surface area contributed by atoms with Crippen LogP contribution < -0.4 is 0 Å². The highest BCUT2D eigenvalue weighted by Gasteiger charge is 2.34. The normalized spacial score (nSPS) is 21.0. The first-order valence-electron chi connectivity index (χ1n) is 8.33. The Morgan fingerprint density at radius 1 is 1.04 bits per heavy atom. The van der Waals surface area contributed by atoms with E-state index in [0.29, 0.717) is 11.5 Å². The van der Waals surface area contributed by atoms with E-state index in [0.717, 1.165) is 51.1 Å². The summed E-state index contributed by atoms with van der Waals surface area (Å²) in [6, 6.07) is 0. The number of piperidine rings is 1. The zero-order chi connectivity index (χ0) is 15.6. The number of aromatic nitrogens is 5. The number of nitrogens with zero attached hydrogens (tertiary/aromatic N) is 6. The average Bonchev–Trinajstić information content (AvgIpc) is 3.07. The fourth-order valence-electron chi connectivity index (χ4n) is 3.55. The van der Waals surface area contributed by atoms with E-state index in [9.17, 15) is 4.79 Å². The molecule has 7 nitrogen and oxygen atoms in total. The monoisotopic (exact) mass is 312 g/mol. The van der Waals surface area contributed by atoms with Crippen molar-refractivity contribution in [3.8, 4) is 11.5 Å². The van der Waals surface area contributed by atoms with Crippen LogP contribution in [0, 0.1) is 0 Å². The fourth-order valence-corrected chi connectivity index (χ4v) is 3.55. The van der Waals surface area contributed by atoms with Gasteiger partial charge >= 0.3 is 0 Å². The average molecular weight is 312 g/mol. The van der Waals surface area contributed by atoms with Crippen LogP contribution in [-0.4, -0.2) is 48.6 Å². The molecule has 0 aliphatic carbocycles. The first kappa shape index (κ1) is 14.3. The first-order chi connectivity index (χ1) is 11.3. The van der Waals surface area contributed by atoms with Crippen molar-refractivity contribution in [3.63, 3.8) is 0 Å². The Balaban J connectivity index is 1.64. The Bertz CT molecular complexity index is 692. The Labute approximate surface area is 134 Å². The zero-order valence-electron chi connectivity index (χ0n) is 13.1. The minimum absolute atomic E-state index is 0.167. The summed E-state index contributed by atoms with van der Waals surface area (Å²) < 4.78 is 2.04. The molecule has 1 saturated heterocycles. The molecule has 1 amide bonds. The smallest absolute Gasteiger partial charge is 0.233 e. The van der Waals surface area contributed by atoms with E-state index < -0.39 is 0 Å². The molecule has 0 radical (unpaired) electrons. The Kier molecular flexibility index (Phi) is 3.77. The maximum absolute atomic E-state index is 12.9. The summed E-state index contributed by atoms with van der Waals surface area (Å²) in [4.78, 5) is 23.3. The molecule has 7 heteroatoms. The molecule has 2 aromatic heterocycles. The van der Waals surface area contributed by atoms with E-state index in [-0.39, 0.29) is 11.8 Å². The summed E-state index contributed by atoms with van der Waals surface area (Å²) in [6.45, 7) is 2.58. The van der Waals surface area contributed by atoms with Gasteiger partial charge in [-0.1, -0.05) is 0 Å². The molecule has 4 rings (SSSR count). The van der Waals surface area contributed by atoms with Crippen LogP contribution >= 0.6 is 0 Å². The van der Waals surface area contributed by atoms with Crippen molar-refractivity contribution in [2.45, 2.75) is 44.6 Å². The van der Waals surface area contributed by atoms with Gasteiger partial charge in [-0.3, -0.25) is 9.78 Å². The molecule has 1 unspecified atom stereocenters. The summed E-state index contributed by atoms with van der Waals surface area (Å²) in [6.07, 6.45) is 10.2. The molecule has 0 aromatic carbocycles. The molecule has 2 aromatic rings. The maximum Gasteiger partial charge on any atom is 0.233 e. The van der Waals surface area contributed by atoms with Gasteiger partial charge in [0.05, 0.1) is 12.1 Å². The summed E-state index contributed by atoms with van der Waals surface area (Å²) in [7, 11) is 0. The van der Waals surface area contributed by atoms with Crippen molar-refractivity contribution in [1.29, 1.82) is 0 Å². The van der Waals surface area contributed by atoms with E-state index in [1.54, 1.807) is 18.6 Å². The highest BCUT2D eigenvalue weighted by Crippen LogP contribution is 2.31. The van der Waals surface area contributed by atoms with Crippen LogP contribution in [0.1, 0.15) is 43.8 Å². The van der Waals surface area contributed by atoms with Crippen molar-refractivity contribution < 1.29 is 4.79 Å². The van der Waals surface area contributed by atoms with Crippen molar-refractivity contribution in [2.24, 2.45) is 0 Å². The summed E-state index contributed by atoms with van der Waals surface area (Å²) in [5.74, 6) is 1.54. The third kappa shape index (κ3) is 2.60. The van der Waals surface area contributed by atoms with E-state index in [1.165, 1.54) is 6.42 Å². The second-order valence-corrected chi connectivity index (χ2v) is 6.20. The van der Waals surface area contributed by atoms with Gasteiger partial charge < -0.3 is 9.47 Å². The molecule has 2 aliphatic rings. The van der Waals surface area contributed by atoms with Gasteiger partial charge in [0.25, 0.3) is 0 Å². The molecule has 1 atom stereocenters. The number of hydrogen-bond donors (Lipinski definition) is 0. The first-order valence-corrected chi connectivity index (χ1v) is 8.33. The zero-order valence-corrected chi connectivity index (χ0v) is 13.1. The molecule has 0 spiro atoms. The van der Waals surface area contributed by atoms with E-state index in [1.807, 2.05) is 9.47 Å². The van der Waals surface area contributed by atoms with Crippen LogP contribution in [0.2, 0.25) is 0 Å². The molecule has 2 aliphatic heterocycles. The van der Waals surface area contributed by atoms with Crippen molar-refractivity contribution >= 4 is 5.91 Å². The van der Waals surface area contributed by atoms with Gasteiger partial charge in [0.2, 0.25) is 5.91 Å². The molecule has 1 fully saturated rings. The van der Waals surface area contributed by atoms with E-state index in [2.05, 4.69) is 20.2 Å². The van der Waals surface area contributed by atoms with Gasteiger partial charge in [-0.15, -0.1) is 10.2 Å². The topological polar surface area (TPSA) is 76.8 Å². The van der Waals surface area contributed by atoms with Crippen molar-refractivity contribution in [1.82, 2.24) is 29.6 Å². The van der Waals surface area contributed by atoms with Gasteiger partial charge in [0, 0.05) is 32.0 Å². The molecule has 0 N–H and O–H groups in total. The lowest BCUT2D eigenvalue weighted by molar-refractivity contribution is -0.134. The van der Waals surface area contributed by atoms with Crippen LogP contribution in [0.15, 0.2) is 18.6 Å².